The summed E-state index contributed by atoms with van der Waals surface area (Å²) in [6.45, 7) is 5.46. The Labute approximate surface area is 441 Å². The van der Waals surface area contributed by atoms with Crippen LogP contribution in [0.4, 0.5) is 4.39 Å². The van der Waals surface area contributed by atoms with Crippen molar-refractivity contribution in [3.63, 3.8) is 0 Å². The molecular formula is C64H69FN4O2S2. The van der Waals surface area contributed by atoms with Crippen molar-refractivity contribution >= 4 is 35.1 Å². The molecule has 376 valence electrons. The lowest BCUT2D eigenvalue weighted by atomic mass is 9.73. The summed E-state index contributed by atoms with van der Waals surface area (Å²) in [5.41, 5.74) is 9.58. The Morgan fingerprint density at radius 1 is 0.644 bits per heavy atom. The zero-order valence-electron chi connectivity index (χ0n) is 42.3. The van der Waals surface area contributed by atoms with Gasteiger partial charge in [-0.1, -0.05) is 206 Å². The fourth-order valence-electron chi connectivity index (χ4n) is 11.9. The van der Waals surface area contributed by atoms with Crippen molar-refractivity contribution in [2.75, 3.05) is 51.3 Å². The highest BCUT2D eigenvalue weighted by atomic mass is 32.2. The Kier molecular flexibility index (Phi) is 18.0. The molecule has 2 unspecified atom stereocenters. The van der Waals surface area contributed by atoms with Crippen LogP contribution in [0.15, 0.2) is 211 Å². The highest BCUT2D eigenvalue weighted by Gasteiger charge is 2.49. The minimum absolute atomic E-state index is 0.0411. The van der Waals surface area contributed by atoms with Gasteiger partial charge in [-0.05, 0) is 102 Å². The lowest BCUT2D eigenvalue weighted by Crippen LogP contribution is -2.51. The van der Waals surface area contributed by atoms with Crippen molar-refractivity contribution in [2.45, 2.75) is 66.5 Å². The van der Waals surface area contributed by atoms with Gasteiger partial charge in [0.1, 0.15) is 12.9 Å². The van der Waals surface area contributed by atoms with E-state index in [1.165, 1.54) is 38.9 Å². The number of rotatable bonds is 24. The standard InChI is InChI=1S/C64H69FN4O2S2/c1-3-59(67-71-2)62-58(49-35-37-56(65)38-36-49)47-57-39-40-60(62)69(57)43-22-42-68(44-46-73-64(53-29-16-7-17-30-53,54-31-18-8-19-32-54)55-33-20-9-21-34-55)48-61(70)66-41-45-72-63(50-23-10-4-11-24-50,51-25-12-5-13-26-51)52-27-14-6-15-28-52/h4-21,23-38,57-58,60,62H,3,22,39-48H2,1-2H3,(H,66,70)/b67-59+/t57?,58-,60?,62+/m0/s1. The van der Waals surface area contributed by atoms with E-state index < -0.39 is 9.49 Å². The average molecular weight is 1010 g/mol. The fourth-order valence-corrected chi connectivity index (χ4v) is 14.9. The average Bonchev–Trinajstić information content (AvgIpc) is 3.73. The molecule has 73 heavy (non-hydrogen) atoms. The smallest absolute Gasteiger partial charge is 0.234 e. The van der Waals surface area contributed by atoms with Gasteiger partial charge in [-0.25, -0.2) is 4.39 Å². The summed E-state index contributed by atoms with van der Waals surface area (Å²) >= 11 is 3.82. The molecular weight excluding hydrogens is 940 g/mol. The zero-order chi connectivity index (χ0) is 50.3. The van der Waals surface area contributed by atoms with Gasteiger partial charge < -0.3 is 10.2 Å². The third-order valence-corrected chi connectivity index (χ3v) is 18.2. The Morgan fingerprint density at radius 3 is 1.53 bits per heavy atom. The molecule has 2 aliphatic rings. The summed E-state index contributed by atoms with van der Waals surface area (Å²) in [4.78, 5) is 25.0. The van der Waals surface area contributed by atoms with E-state index in [-0.39, 0.29) is 23.6 Å². The molecule has 9 heteroatoms. The minimum atomic E-state index is -0.459. The molecule has 6 nitrogen and oxygen atoms in total. The number of nitrogens with one attached hydrogen (secondary N) is 1. The third kappa shape index (κ3) is 11.9. The predicted octanol–water partition coefficient (Wildman–Crippen LogP) is 13.4. The second kappa shape index (κ2) is 25.3. The van der Waals surface area contributed by atoms with Crippen molar-refractivity contribution in [3.05, 3.63) is 251 Å². The van der Waals surface area contributed by atoms with Crippen LogP contribution in [-0.4, -0.2) is 84.8 Å². The maximum Gasteiger partial charge on any atom is 0.234 e. The maximum absolute atomic E-state index is 14.4. The Hall–Kier alpha value is -5.97. The van der Waals surface area contributed by atoms with Crippen molar-refractivity contribution in [3.8, 4) is 0 Å². The summed E-state index contributed by atoms with van der Waals surface area (Å²) in [5, 5.41) is 8.00. The Morgan fingerprint density at radius 2 is 1.10 bits per heavy atom. The molecule has 0 aromatic heterocycles. The lowest BCUT2D eigenvalue weighted by molar-refractivity contribution is -0.122. The minimum Gasteiger partial charge on any atom is -0.399 e. The highest BCUT2D eigenvalue weighted by molar-refractivity contribution is 8.00. The van der Waals surface area contributed by atoms with Crippen LogP contribution < -0.4 is 5.32 Å². The van der Waals surface area contributed by atoms with E-state index in [2.05, 4.69) is 209 Å². The molecule has 4 atom stereocenters. The zero-order valence-corrected chi connectivity index (χ0v) is 43.9. The number of piperidine rings is 1. The number of nitrogens with zero attached hydrogens (tertiary/aromatic N) is 3. The van der Waals surface area contributed by atoms with E-state index in [1.807, 2.05) is 35.7 Å². The molecule has 1 amide bonds. The second-order valence-electron chi connectivity index (χ2n) is 19.3. The van der Waals surface area contributed by atoms with Crippen LogP contribution in [-0.2, 0) is 19.1 Å². The van der Waals surface area contributed by atoms with E-state index >= 15 is 0 Å². The van der Waals surface area contributed by atoms with Gasteiger partial charge in [-0.3, -0.25) is 14.6 Å². The summed E-state index contributed by atoms with van der Waals surface area (Å²) in [6.07, 6.45) is 4.94. The van der Waals surface area contributed by atoms with Crippen molar-refractivity contribution in [1.82, 2.24) is 15.1 Å². The number of hydrogen-bond donors (Lipinski definition) is 1. The molecule has 2 heterocycles. The van der Waals surface area contributed by atoms with Crippen molar-refractivity contribution in [1.29, 1.82) is 0 Å². The number of benzene rings is 7. The van der Waals surface area contributed by atoms with Crippen LogP contribution in [0, 0.1) is 11.7 Å². The number of oxime groups is 1. The van der Waals surface area contributed by atoms with E-state index in [1.54, 1.807) is 19.2 Å². The molecule has 2 saturated heterocycles. The van der Waals surface area contributed by atoms with Crippen LogP contribution in [0.1, 0.15) is 83.9 Å². The quantitative estimate of drug-likeness (QED) is 0.0282. The van der Waals surface area contributed by atoms with Crippen LogP contribution in [0.3, 0.4) is 0 Å². The summed E-state index contributed by atoms with van der Waals surface area (Å²) < 4.78 is 13.3. The number of carbonyl (C=O) groups is 1. The van der Waals surface area contributed by atoms with Crippen LogP contribution in [0.5, 0.6) is 0 Å². The number of carbonyl (C=O) groups excluding carboxylic acids is 1. The van der Waals surface area contributed by atoms with Gasteiger partial charge >= 0.3 is 0 Å². The molecule has 2 aliphatic heterocycles. The van der Waals surface area contributed by atoms with E-state index in [0.717, 1.165) is 69.0 Å². The first kappa shape index (κ1) is 51.9. The summed E-state index contributed by atoms with van der Waals surface area (Å²) in [6, 6.07) is 72.7. The number of halogens is 1. The van der Waals surface area contributed by atoms with Crippen molar-refractivity contribution in [2.24, 2.45) is 11.1 Å². The Balaban J connectivity index is 0.943. The van der Waals surface area contributed by atoms with Crippen LogP contribution >= 0.6 is 23.5 Å². The monoisotopic (exact) mass is 1010 g/mol. The fraction of sp³-hybridized carbons (Fsp3) is 0.312. The number of amides is 1. The molecule has 7 aromatic carbocycles. The van der Waals surface area contributed by atoms with E-state index in [9.17, 15) is 9.18 Å². The van der Waals surface area contributed by atoms with Gasteiger partial charge in [-0.2, -0.15) is 0 Å². The first-order valence-corrected chi connectivity index (χ1v) is 28.1. The van der Waals surface area contributed by atoms with Crippen LogP contribution in [0.25, 0.3) is 0 Å². The molecule has 7 aromatic rings. The SMILES string of the molecule is CC/C(=N\OC)[C@@H]1C2CCC(C[C@H]1c1ccc(F)cc1)N2CCCN(CCSC(c1ccccc1)(c1ccccc1)c1ccccc1)CC(=O)NCCSC(c1ccccc1)(c1ccccc1)c1ccccc1. The van der Waals surface area contributed by atoms with Gasteiger partial charge in [-0.15, -0.1) is 23.5 Å². The highest BCUT2D eigenvalue weighted by Crippen LogP contribution is 2.51. The molecule has 2 fully saturated rings. The number of fused-ring (bicyclic) bond motifs is 2. The molecule has 0 saturated carbocycles. The predicted molar refractivity (Wildman–Crippen MR) is 303 cm³/mol. The van der Waals surface area contributed by atoms with Gasteiger partial charge in [0.05, 0.1) is 21.8 Å². The summed E-state index contributed by atoms with van der Waals surface area (Å²) in [5.74, 6) is 1.78. The Bertz CT molecular complexity index is 2600. The van der Waals surface area contributed by atoms with Crippen molar-refractivity contribution < 1.29 is 14.0 Å². The maximum atomic E-state index is 14.4. The van der Waals surface area contributed by atoms with Crippen LogP contribution in [0.2, 0.25) is 0 Å². The molecule has 0 spiro atoms. The number of hydrogen-bond acceptors (Lipinski definition) is 7. The molecule has 9 rings (SSSR count). The molecule has 2 bridgehead atoms. The van der Waals surface area contributed by atoms with Gasteiger partial charge in [0.15, 0.2) is 0 Å². The normalized spacial score (nSPS) is 18.2. The summed E-state index contributed by atoms with van der Waals surface area (Å²) in [7, 11) is 1.64. The largest absolute Gasteiger partial charge is 0.399 e. The molecule has 0 radical (unpaired) electrons. The number of thioether (sulfide) groups is 2. The molecule has 0 aliphatic carbocycles. The first-order chi connectivity index (χ1) is 35.9. The molecule has 1 N–H and O–H groups in total. The van der Waals surface area contributed by atoms with Gasteiger partial charge in [0.2, 0.25) is 5.91 Å². The third-order valence-electron chi connectivity index (χ3n) is 15.1. The topological polar surface area (TPSA) is 57.2 Å². The van der Waals surface area contributed by atoms with Gasteiger partial charge in [0, 0.05) is 42.6 Å². The van der Waals surface area contributed by atoms with Gasteiger partial charge in [0.25, 0.3) is 0 Å². The first-order valence-electron chi connectivity index (χ1n) is 26.2. The second-order valence-corrected chi connectivity index (χ2v) is 21.9. The lowest BCUT2D eigenvalue weighted by Gasteiger charge is -2.45. The van der Waals surface area contributed by atoms with E-state index in [4.69, 9.17) is 4.84 Å². The van der Waals surface area contributed by atoms with E-state index in [0.29, 0.717) is 25.2 Å².